The zero-order valence-electron chi connectivity index (χ0n) is 14.6. The molecule has 0 spiro atoms. The van der Waals surface area contributed by atoms with Gasteiger partial charge in [-0.1, -0.05) is 57.8 Å². The lowest BCUT2D eigenvalue weighted by Crippen LogP contribution is -2.24. The minimum Gasteiger partial charge on any atom is -0.460 e. The first-order valence-corrected chi connectivity index (χ1v) is 9.34. The van der Waals surface area contributed by atoms with Gasteiger partial charge in [-0.15, -0.1) is 0 Å². The topological polar surface area (TPSA) is 66.8 Å². The number of aliphatic hydroxyl groups excluding tert-OH is 2. The highest BCUT2D eigenvalue weighted by Crippen LogP contribution is 2.15. The number of ether oxygens (including phenoxy) is 1. The van der Waals surface area contributed by atoms with Crippen LogP contribution in [-0.2, 0) is 9.53 Å². The number of cyclic esters (lactones) is 1. The quantitative estimate of drug-likeness (QED) is 0.663. The smallest absolute Gasteiger partial charge is 0.330 e. The summed E-state index contributed by atoms with van der Waals surface area (Å²) in [5.41, 5.74) is 0. The van der Waals surface area contributed by atoms with Gasteiger partial charge in [0.15, 0.2) is 0 Å². The lowest BCUT2D eigenvalue weighted by molar-refractivity contribution is -0.142. The molecule has 23 heavy (non-hydrogen) atoms. The lowest BCUT2D eigenvalue weighted by Gasteiger charge is -2.14. The molecule has 0 aromatic rings. The van der Waals surface area contributed by atoms with Crippen LogP contribution >= 0.6 is 0 Å². The van der Waals surface area contributed by atoms with E-state index in [2.05, 4.69) is 0 Å². The third kappa shape index (κ3) is 10.5. The highest BCUT2D eigenvalue weighted by Gasteiger charge is 2.14. The lowest BCUT2D eigenvalue weighted by atomic mass is 10.0. The molecule has 3 atom stereocenters. The molecule has 1 heterocycles. The van der Waals surface area contributed by atoms with Gasteiger partial charge in [0.05, 0.1) is 18.3 Å². The summed E-state index contributed by atoms with van der Waals surface area (Å²) in [6.45, 7) is 1.90. The molecular weight excluding hydrogens is 292 g/mol. The number of hydrogen-bond acceptors (Lipinski definition) is 4. The second-order valence-corrected chi connectivity index (χ2v) is 6.78. The van der Waals surface area contributed by atoms with E-state index in [9.17, 15) is 15.0 Å². The van der Waals surface area contributed by atoms with E-state index in [0.717, 1.165) is 25.7 Å². The van der Waals surface area contributed by atoms with Gasteiger partial charge in [0.2, 0.25) is 0 Å². The molecule has 4 heteroatoms. The molecule has 1 aliphatic rings. The molecule has 0 amide bonds. The van der Waals surface area contributed by atoms with Gasteiger partial charge in [-0.25, -0.2) is 4.79 Å². The molecule has 0 aromatic carbocycles. The first-order valence-electron chi connectivity index (χ1n) is 9.34. The maximum atomic E-state index is 11.7. The van der Waals surface area contributed by atoms with E-state index < -0.39 is 18.2 Å². The number of esters is 1. The zero-order chi connectivity index (χ0) is 16.9. The second-order valence-electron chi connectivity index (χ2n) is 6.78. The monoisotopic (exact) mass is 326 g/mol. The van der Waals surface area contributed by atoms with Crippen molar-refractivity contribution >= 4 is 5.97 Å². The molecule has 1 rings (SSSR count). The van der Waals surface area contributed by atoms with Crippen LogP contribution in [0.25, 0.3) is 0 Å². The summed E-state index contributed by atoms with van der Waals surface area (Å²) in [7, 11) is 0. The minimum atomic E-state index is -1.00. The van der Waals surface area contributed by atoms with Crippen LogP contribution in [0.4, 0.5) is 0 Å². The van der Waals surface area contributed by atoms with Crippen molar-refractivity contribution in [2.75, 3.05) is 0 Å². The minimum absolute atomic E-state index is 0.101. The molecule has 2 N–H and O–H groups in total. The van der Waals surface area contributed by atoms with E-state index in [4.69, 9.17) is 4.74 Å². The summed E-state index contributed by atoms with van der Waals surface area (Å²) in [6.07, 6.45) is 14.0. The molecule has 0 fully saturated rings. The Morgan fingerprint density at radius 3 is 1.91 bits per heavy atom. The van der Waals surface area contributed by atoms with Crippen LogP contribution in [0, 0.1) is 0 Å². The van der Waals surface area contributed by atoms with Gasteiger partial charge in [0.1, 0.15) is 0 Å². The van der Waals surface area contributed by atoms with Crippen molar-refractivity contribution in [3.63, 3.8) is 0 Å². The molecule has 0 aromatic heterocycles. The molecule has 0 saturated carbocycles. The molecule has 0 aliphatic carbocycles. The van der Waals surface area contributed by atoms with Crippen molar-refractivity contribution in [1.82, 2.24) is 0 Å². The van der Waals surface area contributed by atoms with Crippen LogP contribution < -0.4 is 0 Å². The van der Waals surface area contributed by atoms with Crippen LogP contribution in [0.1, 0.15) is 84.0 Å². The second kappa shape index (κ2) is 12.5. The van der Waals surface area contributed by atoms with Gasteiger partial charge in [0.25, 0.3) is 0 Å². The summed E-state index contributed by atoms with van der Waals surface area (Å²) in [5, 5.41) is 19.7. The van der Waals surface area contributed by atoms with Crippen molar-refractivity contribution in [1.29, 1.82) is 0 Å². The van der Waals surface area contributed by atoms with Crippen molar-refractivity contribution < 1.29 is 19.7 Å². The third-order valence-electron chi connectivity index (χ3n) is 4.50. The largest absolute Gasteiger partial charge is 0.460 e. The molecule has 0 bridgehead atoms. The van der Waals surface area contributed by atoms with Crippen molar-refractivity contribution in [2.45, 2.75) is 102 Å². The predicted octanol–water partition coefficient (Wildman–Crippen LogP) is 3.89. The Morgan fingerprint density at radius 2 is 1.35 bits per heavy atom. The number of carbonyl (C=O) groups excluding carboxylic acids is 1. The van der Waals surface area contributed by atoms with Crippen molar-refractivity contribution in [2.24, 2.45) is 0 Å². The van der Waals surface area contributed by atoms with E-state index in [1.165, 1.54) is 57.1 Å². The number of hydrogen-bond donors (Lipinski definition) is 2. The number of aliphatic hydroxyl groups is 2. The zero-order valence-corrected chi connectivity index (χ0v) is 14.6. The van der Waals surface area contributed by atoms with E-state index in [0.29, 0.717) is 6.42 Å². The van der Waals surface area contributed by atoms with E-state index >= 15 is 0 Å². The molecule has 134 valence electrons. The molecule has 0 radical (unpaired) electrons. The number of carbonyl (C=O) groups is 1. The molecule has 0 saturated heterocycles. The summed E-state index contributed by atoms with van der Waals surface area (Å²) in [6, 6.07) is 0. The summed E-state index contributed by atoms with van der Waals surface area (Å²) < 4.78 is 5.28. The standard InChI is InChI=1S/C19H34O4/c1-16-12-10-8-6-4-2-3-5-7-9-11-13-17(20)18(21)14-15-19(22)23-16/h14-18,20-21H,2-13H2,1H3/b15-14+/t16-,17+,18+/m0/s1. The van der Waals surface area contributed by atoms with Gasteiger partial charge in [0, 0.05) is 6.08 Å². The van der Waals surface area contributed by atoms with Gasteiger partial charge in [-0.2, -0.15) is 0 Å². The Balaban J connectivity index is 2.44. The maximum Gasteiger partial charge on any atom is 0.330 e. The third-order valence-corrected chi connectivity index (χ3v) is 4.50. The molecule has 4 nitrogen and oxygen atoms in total. The SMILES string of the molecule is C[C@H]1CCCCCCCCCCCC[C@@H](O)[C@H](O)/C=C/C(=O)O1. The van der Waals surface area contributed by atoms with E-state index in [1.54, 1.807) is 0 Å². The first-order chi connectivity index (χ1) is 11.1. The van der Waals surface area contributed by atoms with Crippen LogP contribution in [0.5, 0.6) is 0 Å². The first kappa shape index (κ1) is 20.2. The Bertz CT molecular complexity index is 340. The summed E-state index contributed by atoms with van der Waals surface area (Å²) in [4.78, 5) is 11.7. The highest BCUT2D eigenvalue weighted by molar-refractivity contribution is 5.82. The van der Waals surface area contributed by atoms with Crippen LogP contribution in [0.2, 0.25) is 0 Å². The van der Waals surface area contributed by atoms with Gasteiger partial charge >= 0.3 is 5.97 Å². The molecular formula is C19H34O4. The maximum absolute atomic E-state index is 11.7. The van der Waals surface area contributed by atoms with Gasteiger partial charge < -0.3 is 14.9 Å². The fourth-order valence-corrected chi connectivity index (χ4v) is 2.97. The summed E-state index contributed by atoms with van der Waals surface area (Å²) in [5.74, 6) is -0.443. The van der Waals surface area contributed by atoms with Crippen LogP contribution in [0.3, 0.4) is 0 Å². The molecule has 0 unspecified atom stereocenters. The van der Waals surface area contributed by atoms with Crippen LogP contribution in [0.15, 0.2) is 12.2 Å². The molecule has 1 aliphatic heterocycles. The Morgan fingerprint density at radius 1 is 0.870 bits per heavy atom. The highest BCUT2D eigenvalue weighted by atomic mass is 16.5. The fourth-order valence-electron chi connectivity index (χ4n) is 2.97. The summed E-state index contributed by atoms with van der Waals surface area (Å²) >= 11 is 0. The van der Waals surface area contributed by atoms with Gasteiger partial charge in [-0.05, 0) is 32.3 Å². The Kier molecular flexibility index (Phi) is 11.0. The Labute approximate surface area is 140 Å². The van der Waals surface area contributed by atoms with E-state index in [-0.39, 0.29) is 6.10 Å². The average molecular weight is 326 g/mol. The van der Waals surface area contributed by atoms with Gasteiger partial charge in [-0.3, -0.25) is 0 Å². The average Bonchev–Trinajstić information content (AvgIpc) is 2.52. The Hall–Kier alpha value is -0.870. The predicted molar refractivity (Wildman–Crippen MR) is 92.1 cm³/mol. The van der Waals surface area contributed by atoms with Crippen molar-refractivity contribution in [3.05, 3.63) is 12.2 Å². The van der Waals surface area contributed by atoms with E-state index in [1.807, 2.05) is 6.92 Å². The normalized spacial score (nSPS) is 32.1. The fraction of sp³-hybridized carbons (Fsp3) is 0.842. The number of rotatable bonds is 0. The van der Waals surface area contributed by atoms with Crippen molar-refractivity contribution in [3.8, 4) is 0 Å². The van der Waals surface area contributed by atoms with Crippen LogP contribution in [-0.4, -0.2) is 34.5 Å².